The molecule has 0 unspecified atom stereocenters. The molecule has 4 rings (SSSR count). The number of aliphatic hydroxyl groups is 1. The Kier molecular flexibility index (Phi) is 4.63. The molecule has 1 aromatic heterocycles. The van der Waals surface area contributed by atoms with Gasteiger partial charge in [0.2, 0.25) is 5.95 Å². The molecule has 1 atom stereocenters. The van der Waals surface area contributed by atoms with Crippen molar-refractivity contribution in [1.29, 1.82) is 0 Å². The molecule has 1 N–H and O–H groups in total. The number of rotatable bonds is 3. The SMILES string of the molecule is O=C1C(=O)N(c2ncccn2)[C@H](c2ccccc2)C1=C(O)c1ccc(Cl)cc1. The number of aliphatic hydroxyl groups excluding tert-OH is 1. The van der Waals surface area contributed by atoms with Crippen LogP contribution >= 0.6 is 11.6 Å². The first-order chi connectivity index (χ1) is 13.6. The van der Waals surface area contributed by atoms with Crippen molar-refractivity contribution in [2.45, 2.75) is 6.04 Å². The summed E-state index contributed by atoms with van der Waals surface area (Å²) in [5, 5.41) is 11.4. The van der Waals surface area contributed by atoms with Crippen LogP contribution in [-0.2, 0) is 9.59 Å². The van der Waals surface area contributed by atoms with Crippen molar-refractivity contribution in [2.75, 3.05) is 4.90 Å². The van der Waals surface area contributed by atoms with E-state index in [1.165, 1.54) is 17.3 Å². The predicted octanol–water partition coefficient (Wildman–Crippen LogP) is 3.76. The van der Waals surface area contributed by atoms with Gasteiger partial charge >= 0.3 is 5.91 Å². The van der Waals surface area contributed by atoms with Crippen molar-refractivity contribution in [2.24, 2.45) is 0 Å². The molecule has 1 fully saturated rings. The molecule has 1 amide bonds. The third kappa shape index (κ3) is 3.04. The maximum atomic E-state index is 12.9. The van der Waals surface area contributed by atoms with Gasteiger partial charge in [-0.15, -0.1) is 0 Å². The minimum atomic E-state index is -0.848. The zero-order valence-electron chi connectivity index (χ0n) is 14.5. The van der Waals surface area contributed by atoms with E-state index in [2.05, 4.69) is 9.97 Å². The van der Waals surface area contributed by atoms with Gasteiger partial charge in [0.25, 0.3) is 5.78 Å². The van der Waals surface area contributed by atoms with E-state index in [0.717, 1.165) is 0 Å². The lowest BCUT2D eigenvalue weighted by molar-refractivity contribution is -0.132. The maximum Gasteiger partial charge on any atom is 0.302 e. The van der Waals surface area contributed by atoms with E-state index in [0.29, 0.717) is 16.1 Å². The third-order valence-corrected chi connectivity index (χ3v) is 4.70. The Bertz CT molecular complexity index is 1070. The lowest BCUT2D eigenvalue weighted by Crippen LogP contribution is -2.31. The Morgan fingerprint density at radius 3 is 2.21 bits per heavy atom. The van der Waals surface area contributed by atoms with Gasteiger partial charge in [0.1, 0.15) is 5.76 Å². The Labute approximate surface area is 165 Å². The molecule has 0 saturated carbocycles. The van der Waals surface area contributed by atoms with E-state index >= 15 is 0 Å². The molecular weight excluding hydrogens is 378 g/mol. The molecule has 0 bridgehead atoms. The maximum absolute atomic E-state index is 12.9. The number of ketones is 1. The number of amides is 1. The van der Waals surface area contributed by atoms with Crippen molar-refractivity contribution in [3.63, 3.8) is 0 Å². The first-order valence-electron chi connectivity index (χ1n) is 8.47. The lowest BCUT2D eigenvalue weighted by atomic mass is 9.95. The zero-order chi connectivity index (χ0) is 19.7. The second kappa shape index (κ2) is 7.25. The highest BCUT2D eigenvalue weighted by molar-refractivity contribution is 6.51. The van der Waals surface area contributed by atoms with E-state index in [4.69, 9.17) is 11.6 Å². The highest BCUT2D eigenvalue weighted by atomic mass is 35.5. The Morgan fingerprint density at radius 1 is 0.929 bits per heavy atom. The van der Waals surface area contributed by atoms with Crippen molar-refractivity contribution in [3.05, 3.63) is 94.8 Å². The van der Waals surface area contributed by atoms with Gasteiger partial charge in [-0.25, -0.2) is 9.97 Å². The van der Waals surface area contributed by atoms with Gasteiger partial charge in [-0.1, -0.05) is 41.9 Å². The average molecular weight is 392 g/mol. The van der Waals surface area contributed by atoms with E-state index < -0.39 is 17.7 Å². The van der Waals surface area contributed by atoms with Gasteiger partial charge in [-0.3, -0.25) is 14.5 Å². The second-order valence-corrected chi connectivity index (χ2v) is 6.57. The summed E-state index contributed by atoms with van der Waals surface area (Å²) < 4.78 is 0. The number of nitrogens with zero attached hydrogens (tertiary/aromatic N) is 3. The van der Waals surface area contributed by atoms with Crippen LogP contribution < -0.4 is 4.90 Å². The fourth-order valence-electron chi connectivity index (χ4n) is 3.17. The summed E-state index contributed by atoms with van der Waals surface area (Å²) in [5.41, 5.74) is 1.02. The molecule has 1 saturated heterocycles. The average Bonchev–Trinajstić information content (AvgIpc) is 3.00. The molecule has 2 aromatic carbocycles. The monoisotopic (exact) mass is 391 g/mol. The van der Waals surface area contributed by atoms with Crippen LogP contribution in [0.4, 0.5) is 5.95 Å². The van der Waals surface area contributed by atoms with Crippen LogP contribution in [0.3, 0.4) is 0 Å². The third-order valence-electron chi connectivity index (χ3n) is 4.45. The molecule has 138 valence electrons. The molecule has 7 heteroatoms. The van der Waals surface area contributed by atoms with Crippen molar-refractivity contribution in [1.82, 2.24) is 9.97 Å². The fraction of sp³-hybridized carbons (Fsp3) is 0.0476. The topological polar surface area (TPSA) is 83.4 Å². The summed E-state index contributed by atoms with van der Waals surface area (Å²) in [6.45, 7) is 0. The lowest BCUT2D eigenvalue weighted by Gasteiger charge is -2.23. The normalized spacial score (nSPS) is 18.5. The van der Waals surface area contributed by atoms with E-state index in [-0.39, 0.29) is 17.3 Å². The van der Waals surface area contributed by atoms with Crippen molar-refractivity contribution < 1.29 is 14.7 Å². The molecule has 3 aromatic rings. The summed E-state index contributed by atoms with van der Waals surface area (Å²) in [6.07, 6.45) is 2.98. The summed E-state index contributed by atoms with van der Waals surface area (Å²) in [7, 11) is 0. The molecule has 0 spiro atoms. The quantitative estimate of drug-likeness (QED) is 0.417. The highest BCUT2D eigenvalue weighted by Crippen LogP contribution is 2.40. The van der Waals surface area contributed by atoms with Crippen LogP contribution in [0.1, 0.15) is 17.2 Å². The summed E-state index contributed by atoms with van der Waals surface area (Å²) in [4.78, 5) is 35.1. The Morgan fingerprint density at radius 2 is 1.57 bits per heavy atom. The van der Waals surface area contributed by atoms with Gasteiger partial charge < -0.3 is 5.11 Å². The van der Waals surface area contributed by atoms with Crippen LogP contribution in [0.2, 0.25) is 5.02 Å². The first kappa shape index (κ1) is 17.9. The van der Waals surface area contributed by atoms with Crippen molar-refractivity contribution in [3.8, 4) is 0 Å². The van der Waals surface area contributed by atoms with Crippen LogP contribution in [0.5, 0.6) is 0 Å². The summed E-state index contributed by atoms with van der Waals surface area (Å²) >= 11 is 5.91. The van der Waals surface area contributed by atoms with Gasteiger partial charge in [0.15, 0.2) is 0 Å². The van der Waals surface area contributed by atoms with E-state index in [1.54, 1.807) is 54.6 Å². The first-order valence-corrected chi connectivity index (χ1v) is 8.84. The van der Waals surface area contributed by atoms with Crippen LogP contribution in [0.25, 0.3) is 5.76 Å². The molecule has 0 aliphatic carbocycles. The number of Topliss-reactive ketones (excluding diaryl/α,β-unsaturated/α-hetero) is 1. The number of benzene rings is 2. The number of carbonyl (C=O) groups is 2. The molecular formula is C21H14ClN3O3. The van der Waals surface area contributed by atoms with Gasteiger partial charge in [-0.2, -0.15) is 0 Å². The molecule has 6 nitrogen and oxygen atoms in total. The highest BCUT2D eigenvalue weighted by Gasteiger charge is 2.48. The van der Waals surface area contributed by atoms with Crippen molar-refractivity contribution >= 4 is 35.0 Å². The predicted molar refractivity (Wildman–Crippen MR) is 105 cm³/mol. The number of hydrogen-bond donors (Lipinski definition) is 1. The van der Waals surface area contributed by atoms with E-state index in [9.17, 15) is 14.7 Å². The minimum absolute atomic E-state index is 0.0222. The molecule has 28 heavy (non-hydrogen) atoms. The molecule has 1 aliphatic rings. The van der Waals surface area contributed by atoms with E-state index in [1.807, 2.05) is 6.07 Å². The Hall–Kier alpha value is -3.51. The van der Waals surface area contributed by atoms with Gasteiger partial charge in [-0.05, 0) is 35.9 Å². The smallest absolute Gasteiger partial charge is 0.302 e. The molecule has 0 radical (unpaired) electrons. The number of anilines is 1. The molecule has 2 heterocycles. The number of halogens is 1. The summed E-state index contributed by atoms with van der Waals surface area (Å²) in [5.74, 6) is -1.78. The number of aromatic nitrogens is 2. The van der Waals surface area contributed by atoms with Crippen LogP contribution in [-0.4, -0.2) is 26.8 Å². The number of carbonyl (C=O) groups excluding carboxylic acids is 2. The zero-order valence-corrected chi connectivity index (χ0v) is 15.2. The Balaban J connectivity index is 1.94. The van der Waals surface area contributed by atoms with Gasteiger partial charge in [0, 0.05) is 23.0 Å². The standard InChI is InChI=1S/C21H14ClN3O3/c22-15-9-7-14(8-10-15)18(26)16-17(13-5-2-1-3-6-13)25(20(28)19(16)27)21-23-11-4-12-24-21/h1-12,17,26H/t17-/m1/s1. The number of hydrogen-bond acceptors (Lipinski definition) is 5. The fourth-order valence-corrected chi connectivity index (χ4v) is 3.29. The van der Waals surface area contributed by atoms with Crippen LogP contribution in [0, 0.1) is 0 Å². The minimum Gasteiger partial charge on any atom is -0.507 e. The largest absolute Gasteiger partial charge is 0.507 e. The van der Waals surface area contributed by atoms with Gasteiger partial charge in [0.05, 0.1) is 11.6 Å². The van der Waals surface area contributed by atoms with Crippen LogP contribution in [0.15, 0.2) is 78.6 Å². The summed E-state index contributed by atoms with van der Waals surface area (Å²) in [6, 6.07) is 16.1. The second-order valence-electron chi connectivity index (χ2n) is 6.14. The molecule has 1 aliphatic heterocycles.